The van der Waals surface area contributed by atoms with Crippen LogP contribution >= 0.6 is 0 Å². The van der Waals surface area contributed by atoms with E-state index < -0.39 is 0 Å². The van der Waals surface area contributed by atoms with Crippen molar-refractivity contribution in [1.29, 1.82) is 0 Å². The quantitative estimate of drug-likeness (QED) is 0.344. The largest absolute Gasteiger partial charge is 0.488 e. The Morgan fingerprint density at radius 1 is 1.16 bits per heavy atom. The summed E-state index contributed by atoms with van der Waals surface area (Å²) in [5.41, 5.74) is 3.50. The van der Waals surface area contributed by atoms with E-state index in [1.807, 2.05) is 49.5 Å². The van der Waals surface area contributed by atoms with Crippen LogP contribution in [0.3, 0.4) is 0 Å². The average Bonchev–Trinajstić information content (AvgIpc) is 3.04. The number of nitrogens with one attached hydrogen (secondary N) is 2. The summed E-state index contributed by atoms with van der Waals surface area (Å²) in [5.74, 6) is 0.573. The van der Waals surface area contributed by atoms with E-state index >= 15 is 0 Å². The predicted molar refractivity (Wildman–Crippen MR) is 169 cm³/mol. The number of aliphatic hydroxyl groups excluding tert-OH is 1. The molecule has 0 spiro atoms. The molecule has 1 fully saturated rings. The standard InChI is InChI=1S/C34H45N5O4/c1-23-19-39(24(2)22-40)33(41)18-26-17-28(37-34(42)36-27-9-5-4-6-10-27)13-14-31(26)43-32(23)21-38(3)20-25-15-16-35-30-12-8-7-11-29(25)30/h7-8,11-17,23-24,27,32,40H,4-6,9-10,18-22H2,1-3H3,(H2,36,37,42)/t23?,24-,32-/m0/s1. The number of para-hydroxylation sites is 1. The van der Waals surface area contributed by atoms with Crippen LogP contribution in [0.4, 0.5) is 10.5 Å². The first-order valence-corrected chi connectivity index (χ1v) is 15.6. The van der Waals surface area contributed by atoms with Crippen LogP contribution in [0.2, 0.25) is 0 Å². The number of benzene rings is 2. The predicted octanol–water partition coefficient (Wildman–Crippen LogP) is 4.97. The molecule has 2 heterocycles. The van der Waals surface area contributed by atoms with Gasteiger partial charge in [0.1, 0.15) is 11.9 Å². The minimum atomic E-state index is -0.319. The smallest absolute Gasteiger partial charge is 0.319 e. The van der Waals surface area contributed by atoms with Gasteiger partial charge in [0.25, 0.3) is 0 Å². The number of carbonyl (C=O) groups excluding carboxylic acids is 2. The van der Waals surface area contributed by atoms with Gasteiger partial charge in [0, 0.05) is 54.4 Å². The maximum Gasteiger partial charge on any atom is 0.319 e. The first-order chi connectivity index (χ1) is 20.8. The zero-order chi connectivity index (χ0) is 30.3. The van der Waals surface area contributed by atoms with E-state index in [0.29, 0.717) is 24.5 Å². The van der Waals surface area contributed by atoms with Crippen molar-refractivity contribution in [2.24, 2.45) is 5.92 Å². The fourth-order valence-corrected chi connectivity index (χ4v) is 6.28. The minimum absolute atomic E-state index is 0.000364. The highest BCUT2D eigenvalue weighted by Gasteiger charge is 2.31. The third-order valence-corrected chi connectivity index (χ3v) is 8.79. The topological polar surface area (TPSA) is 107 Å². The van der Waals surface area contributed by atoms with Gasteiger partial charge in [-0.25, -0.2) is 4.79 Å². The van der Waals surface area contributed by atoms with E-state index in [1.165, 1.54) is 12.0 Å². The molecule has 3 amide bonds. The molecule has 1 saturated carbocycles. The second-order valence-corrected chi connectivity index (χ2v) is 12.3. The van der Waals surface area contributed by atoms with Gasteiger partial charge in [-0.3, -0.25) is 14.7 Å². The molecule has 2 aliphatic rings. The lowest BCUT2D eigenvalue weighted by molar-refractivity contribution is -0.134. The van der Waals surface area contributed by atoms with E-state index in [1.54, 1.807) is 4.90 Å². The minimum Gasteiger partial charge on any atom is -0.488 e. The number of amides is 3. The molecule has 1 unspecified atom stereocenters. The first-order valence-electron chi connectivity index (χ1n) is 15.6. The third kappa shape index (κ3) is 7.83. The zero-order valence-electron chi connectivity index (χ0n) is 25.6. The molecule has 3 N–H and O–H groups in total. The fourth-order valence-electron chi connectivity index (χ4n) is 6.28. The number of hydrogen-bond acceptors (Lipinski definition) is 6. The van der Waals surface area contributed by atoms with Crippen LogP contribution in [0.1, 0.15) is 57.1 Å². The second kappa shape index (κ2) is 14.2. The number of carbonyl (C=O) groups is 2. The maximum atomic E-state index is 13.6. The molecule has 43 heavy (non-hydrogen) atoms. The highest BCUT2D eigenvalue weighted by molar-refractivity contribution is 5.90. The first kappa shape index (κ1) is 30.8. The number of nitrogens with zero attached hydrogens (tertiary/aromatic N) is 3. The highest BCUT2D eigenvalue weighted by atomic mass is 16.5. The molecule has 5 rings (SSSR count). The Morgan fingerprint density at radius 2 is 1.95 bits per heavy atom. The molecule has 0 saturated heterocycles. The van der Waals surface area contributed by atoms with Crippen molar-refractivity contribution in [3.05, 3.63) is 65.9 Å². The van der Waals surface area contributed by atoms with E-state index in [4.69, 9.17) is 4.74 Å². The Morgan fingerprint density at radius 3 is 2.74 bits per heavy atom. The van der Waals surface area contributed by atoms with Crippen LogP contribution in [0.5, 0.6) is 5.75 Å². The molecule has 9 heteroatoms. The lowest BCUT2D eigenvalue weighted by Gasteiger charge is -2.34. The number of fused-ring (bicyclic) bond motifs is 2. The summed E-state index contributed by atoms with van der Waals surface area (Å²) in [6.07, 6.45) is 7.26. The SMILES string of the molecule is CC1CN([C@@H](C)CO)C(=O)Cc2cc(NC(=O)NC3CCCCC3)ccc2O[C@H]1CN(C)Cc1ccnc2ccccc12. The molecule has 2 aromatic carbocycles. The summed E-state index contributed by atoms with van der Waals surface area (Å²) in [4.78, 5) is 34.8. The van der Waals surface area contributed by atoms with Crippen LogP contribution in [-0.2, 0) is 17.8 Å². The lowest BCUT2D eigenvalue weighted by Crippen LogP contribution is -2.47. The lowest BCUT2D eigenvalue weighted by atomic mass is 9.96. The summed E-state index contributed by atoms with van der Waals surface area (Å²) >= 11 is 0. The summed E-state index contributed by atoms with van der Waals surface area (Å²) < 4.78 is 6.69. The summed E-state index contributed by atoms with van der Waals surface area (Å²) in [5, 5.41) is 17.1. The monoisotopic (exact) mass is 587 g/mol. The molecule has 1 aliphatic heterocycles. The Labute approximate surface area is 254 Å². The molecule has 1 aliphatic carbocycles. The van der Waals surface area contributed by atoms with E-state index in [9.17, 15) is 14.7 Å². The van der Waals surface area contributed by atoms with Gasteiger partial charge in [0.15, 0.2) is 0 Å². The van der Waals surface area contributed by atoms with Crippen molar-refractivity contribution < 1.29 is 19.4 Å². The van der Waals surface area contributed by atoms with Crippen molar-refractivity contribution in [1.82, 2.24) is 20.1 Å². The number of aliphatic hydroxyl groups is 1. The molecular weight excluding hydrogens is 542 g/mol. The fraction of sp³-hybridized carbons (Fsp3) is 0.500. The van der Waals surface area contributed by atoms with Gasteiger partial charge in [0.2, 0.25) is 5.91 Å². The highest BCUT2D eigenvalue weighted by Crippen LogP contribution is 2.30. The Hall–Kier alpha value is -3.69. The normalized spacial score (nSPS) is 20.5. The Kier molecular flexibility index (Phi) is 10.1. The van der Waals surface area contributed by atoms with Gasteiger partial charge < -0.3 is 25.4 Å². The van der Waals surface area contributed by atoms with Crippen LogP contribution in [0, 0.1) is 5.92 Å². The maximum absolute atomic E-state index is 13.6. The van der Waals surface area contributed by atoms with Gasteiger partial charge in [-0.1, -0.05) is 44.4 Å². The van der Waals surface area contributed by atoms with E-state index in [0.717, 1.165) is 48.7 Å². The molecule has 3 atom stereocenters. The molecule has 9 nitrogen and oxygen atoms in total. The molecule has 0 radical (unpaired) electrons. The zero-order valence-corrected chi connectivity index (χ0v) is 25.6. The number of hydrogen-bond donors (Lipinski definition) is 3. The van der Waals surface area contributed by atoms with Gasteiger partial charge in [-0.15, -0.1) is 0 Å². The molecule has 230 valence electrons. The van der Waals surface area contributed by atoms with Crippen molar-refractivity contribution in [2.45, 2.75) is 77.1 Å². The van der Waals surface area contributed by atoms with Gasteiger partial charge in [-0.05, 0) is 62.7 Å². The number of aromatic nitrogens is 1. The molecular formula is C34H45N5O4. The average molecular weight is 588 g/mol. The number of pyridine rings is 1. The summed E-state index contributed by atoms with van der Waals surface area (Å²) in [6.45, 7) is 5.68. The van der Waals surface area contributed by atoms with E-state index in [-0.39, 0.29) is 49.1 Å². The summed E-state index contributed by atoms with van der Waals surface area (Å²) in [7, 11) is 2.08. The Bertz CT molecular complexity index is 1400. The van der Waals surface area contributed by atoms with Crippen LogP contribution in [0.15, 0.2) is 54.7 Å². The molecule has 1 aromatic heterocycles. The second-order valence-electron chi connectivity index (χ2n) is 12.3. The Balaban J connectivity index is 1.36. The van der Waals surface area contributed by atoms with Crippen LogP contribution < -0.4 is 15.4 Å². The van der Waals surface area contributed by atoms with Crippen molar-refractivity contribution in [3.8, 4) is 5.75 Å². The van der Waals surface area contributed by atoms with E-state index in [2.05, 4.69) is 46.6 Å². The van der Waals surface area contributed by atoms with Crippen molar-refractivity contribution in [2.75, 3.05) is 32.1 Å². The van der Waals surface area contributed by atoms with Gasteiger partial charge in [0.05, 0.1) is 24.6 Å². The van der Waals surface area contributed by atoms with Gasteiger partial charge >= 0.3 is 6.03 Å². The van der Waals surface area contributed by atoms with Crippen molar-refractivity contribution >= 4 is 28.5 Å². The summed E-state index contributed by atoms with van der Waals surface area (Å²) in [6, 6.07) is 15.4. The number of urea groups is 1. The molecule has 3 aromatic rings. The third-order valence-electron chi connectivity index (χ3n) is 8.79. The number of ether oxygens (including phenoxy) is 1. The number of rotatable bonds is 8. The number of anilines is 1. The molecule has 0 bridgehead atoms. The number of likely N-dealkylation sites (N-methyl/N-ethyl adjacent to an activating group) is 1. The van der Waals surface area contributed by atoms with Gasteiger partial charge in [-0.2, -0.15) is 0 Å². The van der Waals surface area contributed by atoms with Crippen LogP contribution in [-0.4, -0.2) is 76.8 Å². The van der Waals surface area contributed by atoms with Crippen molar-refractivity contribution in [3.63, 3.8) is 0 Å². The van der Waals surface area contributed by atoms with Crippen LogP contribution in [0.25, 0.3) is 10.9 Å².